The van der Waals surface area contributed by atoms with Gasteiger partial charge in [-0.15, -0.1) is 0 Å². The van der Waals surface area contributed by atoms with Crippen LogP contribution >= 0.6 is 0 Å². The van der Waals surface area contributed by atoms with E-state index in [1.807, 2.05) is 6.07 Å². The number of anilines is 1. The van der Waals surface area contributed by atoms with E-state index in [9.17, 15) is 4.79 Å². The first-order valence-corrected chi connectivity index (χ1v) is 8.10. The Bertz CT molecular complexity index is 539. The molecule has 0 amide bonds. The summed E-state index contributed by atoms with van der Waals surface area (Å²) in [6.07, 6.45) is 2.75. The van der Waals surface area contributed by atoms with E-state index in [1.54, 1.807) is 0 Å². The van der Waals surface area contributed by atoms with Crippen LogP contribution in [0, 0.1) is 5.92 Å². The van der Waals surface area contributed by atoms with E-state index in [1.165, 1.54) is 5.56 Å². The summed E-state index contributed by atoms with van der Waals surface area (Å²) in [5, 5.41) is 12.4. The van der Waals surface area contributed by atoms with Crippen LogP contribution in [0.25, 0.3) is 0 Å². The maximum atomic E-state index is 11.0. The SMILES string of the molecule is CC1CNc2cc(CCN3CCC(C(=O)O)CC3)ccc2O1. The van der Waals surface area contributed by atoms with Crippen molar-refractivity contribution in [2.24, 2.45) is 5.92 Å². The van der Waals surface area contributed by atoms with Gasteiger partial charge in [0.2, 0.25) is 0 Å². The van der Waals surface area contributed by atoms with Crippen molar-refractivity contribution in [1.82, 2.24) is 4.90 Å². The van der Waals surface area contributed by atoms with Crippen LogP contribution in [-0.2, 0) is 11.2 Å². The summed E-state index contributed by atoms with van der Waals surface area (Å²) < 4.78 is 5.79. The molecule has 1 aromatic rings. The maximum Gasteiger partial charge on any atom is 0.306 e. The number of ether oxygens (including phenoxy) is 1. The first kappa shape index (κ1) is 15.2. The van der Waals surface area contributed by atoms with Gasteiger partial charge in [-0.3, -0.25) is 4.79 Å². The number of benzene rings is 1. The Kier molecular flexibility index (Phi) is 4.52. The molecule has 1 unspecified atom stereocenters. The molecule has 1 aromatic carbocycles. The average molecular weight is 304 g/mol. The number of fused-ring (bicyclic) bond motifs is 1. The van der Waals surface area contributed by atoms with E-state index in [0.29, 0.717) is 0 Å². The predicted octanol–water partition coefficient (Wildman–Crippen LogP) is 2.22. The topological polar surface area (TPSA) is 61.8 Å². The molecule has 2 heterocycles. The van der Waals surface area contributed by atoms with Gasteiger partial charge in [0.15, 0.2) is 0 Å². The number of aliphatic carboxylic acids is 1. The van der Waals surface area contributed by atoms with Crippen molar-refractivity contribution in [3.63, 3.8) is 0 Å². The number of rotatable bonds is 4. The maximum absolute atomic E-state index is 11.0. The number of nitrogens with one attached hydrogen (secondary N) is 1. The van der Waals surface area contributed by atoms with Crippen LogP contribution in [0.1, 0.15) is 25.3 Å². The second-order valence-electron chi connectivity index (χ2n) is 6.34. The van der Waals surface area contributed by atoms with Crippen LogP contribution < -0.4 is 10.1 Å². The van der Waals surface area contributed by atoms with Gasteiger partial charge >= 0.3 is 5.97 Å². The van der Waals surface area contributed by atoms with Crippen molar-refractivity contribution in [3.8, 4) is 5.75 Å². The van der Waals surface area contributed by atoms with Crippen LogP contribution in [0.15, 0.2) is 18.2 Å². The highest BCUT2D eigenvalue weighted by Crippen LogP contribution is 2.30. The van der Waals surface area contributed by atoms with Crippen molar-refractivity contribution < 1.29 is 14.6 Å². The third-order valence-corrected chi connectivity index (χ3v) is 4.61. The van der Waals surface area contributed by atoms with Crippen LogP contribution in [0.2, 0.25) is 0 Å². The number of piperidine rings is 1. The quantitative estimate of drug-likeness (QED) is 0.893. The van der Waals surface area contributed by atoms with E-state index >= 15 is 0 Å². The smallest absolute Gasteiger partial charge is 0.306 e. The third kappa shape index (κ3) is 3.53. The molecule has 120 valence electrons. The Morgan fingerprint density at radius 1 is 1.41 bits per heavy atom. The molecule has 5 heteroatoms. The van der Waals surface area contributed by atoms with Crippen LogP contribution in [0.4, 0.5) is 5.69 Å². The van der Waals surface area contributed by atoms with Crippen molar-refractivity contribution in [3.05, 3.63) is 23.8 Å². The lowest BCUT2D eigenvalue weighted by atomic mass is 9.97. The molecule has 22 heavy (non-hydrogen) atoms. The average Bonchev–Trinajstić information content (AvgIpc) is 2.53. The first-order chi connectivity index (χ1) is 10.6. The molecule has 3 rings (SSSR count). The molecule has 0 aromatic heterocycles. The Morgan fingerprint density at radius 2 is 2.18 bits per heavy atom. The lowest BCUT2D eigenvalue weighted by molar-refractivity contribution is -0.143. The fourth-order valence-corrected chi connectivity index (χ4v) is 3.18. The van der Waals surface area contributed by atoms with E-state index in [0.717, 1.165) is 56.9 Å². The molecule has 2 N–H and O–H groups in total. The van der Waals surface area contributed by atoms with Gasteiger partial charge in [0, 0.05) is 6.54 Å². The highest BCUT2D eigenvalue weighted by molar-refractivity contribution is 5.70. The molecule has 2 aliphatic heterocycles. The molecule has 0 radical (unpaired) electrons. The summed E-state index contributed by atoms with van der Waals surface area (Å²) in [4.78, 5) is 13.3. The molecule has 0 saturated carbocycles. The normalized spacial score (nSPS) is 22.5. The van der Waals surface area contributed by atoms with Crippen molar-refractivity contribution in [2.45, 2.75) is 32.3 Å². The summed E-state index contributed by atoms with van der Waals surface area (Å²) in [7, 11) is 0. The minimum Gasteiger partial charge on any atom is -0.487 e. The number of hydrogen-bond donors (Lipinski definition) is 2. The molecule has 2 aliphatic rings. The van der Waals surface area contributed by atoms with Gasteiger partial charge in [-0.05, 0) is 57.0 Å². The second-order valence-corrected chi connectivity index (χ2v) is 6.34. The largest absolute Gasteiger partial charge is 0.487 e. The minimum absolute atomic E-state index is 0.150. The summed E-state index contributed by atoms with van der Waals surface area (Å²) in [6.45, 7) is 5.67. The zero-order valence-corrected chi connectivity index (χ0v) is 13.0. The van der Waals surface area contributed by atoms with Crippen molar-refractivity contribution in [2.75, 3.05) is 31.5 Å². The molecular formula is C17H24N2O3. The Balaban J connectivity index is 1.51. The van der Waals surface area contributed by atoms with Crippen LogP contribution in [0.3, 0.4) is 0 Å². The third-order valence-electron chi connectivity index (χ3n) is 4.61. The van der Waals surface area contributed by atoms with Crippen molar-refractivity contribution in [1.29, 1.82) is 0 Å². The van der Waals surface area contributed by atoms with Crippen LogP contribution in [0.5, 0.6) is 5.75 Å². The molecule has 0 bridgehead atoms. The number of nitrogens with zero attached hydrogens (tertiary/aromatic N) is 1. The Labute approximate surface area is 131 Å². The number of carbonyl (C=O) groups is 1. The minimum atomic E-state index is -0.644. The van der Waals surface area contributed by atoms with Gasteiger partial charge in [-0.2, -0.15) is 0 Å². The molecule has 0 aliphatic carbocycles. The van der Waals surface area contributed by atoms with E-state index in [2.05, 4.69) is 29.3 Å². The van der Waals surface area contributed by atoms with E-state index in [-0.39, 0.29) is 12.0 Å². The van der Waals surface area contributed by atoms with Gasteiger partial charge in [0.05, 0.1) is 18.2 Å². The first-order valence-electron chi connectivity index (χ1n) is 8.10. The fraction of sp³-hybridized carbons (Fsp3) is 0.588. The molecule has 1 fully saturated rings. The zero-order chi connectivity index (χ0) is 15.5. The Morgan fingerprint density at radius 3 is 2.91 bits per heavy atom. The van der Waals surface area contributed by atoms with Crippen molar-refractivity contribution >= 4 is 11.7 Å². The van der Waals surface area contributed by atoms with E-state index < -0.39 is 5.97 Å². The highest BCUT2D eigenvalue weighted by atomic mass is 16.5. The predicted molar refractivity (Wildman–Crippen MR) is 85.5 cm³/mol. The summed E-state index contributed by atoms with van der Waals surface area (Å²) in [6, 6.07) is 6.34. The number of likely N-dealkylation sites (tertiary alicyclic amines) is 1. The summed E-state index contributed by atoms with van der Waals surface area (Å²) >= 11 is 0. The fourth-order valence-electron chi connectivity index (χ4n) is 3.18. The van der Waals surface area contributed by atoms with Gasteiger partial charge in [0.1, 0.15) is 11.9 Å². The second kappa shape index (κ2) is 6.57. The molecule has 0 spiro atoms. The van der Waals surface area contributed by atoms with Crippen LogP contribution in [-0.4, -0.2) is 48.3 Å². The highest BCUT2D eigenvalue weighted by Gasteiger charge is 2.24. The van der Waals surface area contributed by atoms with Gasteiger partial charge in [0.25, 0.3) is 0 Å². The number of hydrogen-bond acceptors (Lipinski definition) is 4. The number of carboxylic acid groups (broad SMARTS) is 1. The van der Waals surface area contributed by atoms with Gasteiger partial charge in [-0.1, -0.05) is 6.07 Å². The number of carboxylic acids is 1. The van der Waals surface area contributed by atoms with Gasteiger partial charge in [-0.25, -0.2) is 0 Å². The lowest BCUT2D eigenvalue weighted by Gasteiger charge is -2.30. The lowest BCUT2D eigenvalue weighted by Crippen LogP contribution is -2.37. The molecule has 1 atom stereocenters. The molecule has 1 saturated heterocycles. The summed E-state index contributed by atoms with van der Waals surface area (Å²) in [5.74, 6) is 0.141. The molecular weight excluding hydrogens is 280 g/mol. The van der Waals surface area contributed by atoms with E-state index in [4.69, 9.17) is 9.84 Å². The summed E-state index contributed by atoms with van der Waals surface area (Å²) in [5.41, 5.74) is 2.38. The zero-order valence-electron chi connectivity index (χ0n) is 13.0. The van der Waals surface area contributed by atoms with Gasteiger partial charge < -0.3 is 20.1 Å². The molecule has 5 nitrogen and oxygen atoms in total. The standard InChI is InChI=1S/C17H24N2O3/c1-12-11-18-15-10-13(2-3-16(15)22-12)4-7-19-8-5-14(6-9-19)17(20)21/h2-3,10,12,14,18H,4-9,11H2,1H3,(H,20,21). The monoisotopic (exact) mass is 304 g/mol. The Hall–Kier alpha value is -1.75.